The lowest BCUT2D eigenvalue weighted by atomic mass is 10.1. The normalized spacial score (nSPS) is 15.8. The second-order valence-corrected chi connectivity index (χ2v) is 5.63. The Labute approximate surface area is 128 Å². The molecule has 0 amide bonds. The minimum absolute atomic E-state index is 0.915. The van der Waals surface area contributed by atoms with Crippen molar-refractivity contribution >= 4 is 5.69 Å². The summed E-state index contributed by atoms with van der Waals surface area (Å²) in [7, 11) is 1.77. The van der Waals surface area contributed by atoms with Crippen LogP contribution in [0, 0.1) is 0 Å². The first kappa shape index (κ1) is 16.1. The first-order valence-electron chi connectivity index (χ1n) is 8.18. The second-order valence-electron chi connectivity index (χ2n) is 5.63. The Hall–Kier alpha value is -1.26. The molecule has 0 aliphatic carbocycles. The first-order valence-corrected chi connectivity index (χ1v) is 8.18. The Morgan fingerprint density at radius 3 is 3.00 bits per heavy atom. The summed E-state index contributed by atoms with van der Waals surface area (Å²) < 4.78 is 5.62. The van der Waals surface area contributed by atoms with Gasteiger partial charge in [0.1, 0.15) is 5.75 Å². The third-order valence-corrected chi connectivity index (χ3v) is 3.96. The average Bonchev–Trinajstić information content (AvgIpc) is 2.80. The van der Waals surface area contributed by atoms with Gasteiger partial charge in [-0.15, -0.1) is 0 Å². The molecule has 1 aromatic rings. The van der Waals surface area contributed by atoms with Crippen LogP contribution < -0.4 is 20.3 Å². The van der Waals surface area contributed by atoms with Crippen LogP contribution in [0.5, 0.6) is 5.75 Å². The molecular weight excluding hydrogens is 262 g/mol. The van der Waals surface area contributed by atoms with Crippen LogP contribution >= 0.6 is 0 Å². The van der Waals surface area contributed by atoms with Gasteiger partial charge >= 0.3 is 0 Å². The van der Waals surface area contributed by atoms with E-state index in [0.717, 1.165) is 45.0 Å². The number of nitrogens with zero attached hydrogens (tertiary/aromatic N) is 1. The van der Waals surface area contributed by atoms with Crippen molar-refractivity contribution in [3.05, 3.63) is 23.8 Å². The topological polar surface area (TPSA) is 36.5 Å². The summed E-state index contributed by atoms with van der Waals surface area (Å²) in [6.07, 6.45) is 3.65. The number of methoxy groups -OCH3 is 1. The van der Waals surface area contributed by atoms with Crippen LogP contribution in [0.3, 0.4) is 0 Å². The van der Waals surface area contributed by atoms with Crippen molar-refractivity contribution in [3.63, 3.8) is 0 Å². The fourth-order valence-corrected chi connectivity index (χ4v) is 2.71. The molecule has 0 unspecified atom stereocenters. The zero-order valence-electron chi connectivity index (χ0n) is 13.5. The Bertz CT molecular complexity index is 414. The van der Waals surface area contributed by atoms with E-state index in [1.54, 1.807) is 7.11 Å². The summed E-state index contributed by atoms with van der Waals surface area (Å²) in [5.74, 6) is 0.992. The van der Waals surface area contributed by atoms with Gasteiger partial charge in [-0.25, -0.2) is 0 Å². The minimum atomic E-state index is 0.915. The maximum absolute atomic E-state index is 5.62. The lowest BCUT2D eigenvalue weighted by molar-refractivity contribution is 0.413. The van der Waals surface area contributed by atoms with Gasteiger partial charge in [-0.1, -0.05) is 19.4 Å². The number of benzene rings is 1. The largest absolute Gasteiger partial charge is 0.495 e. The van der Waals surface area contributed by atoms with E-state index in [-0.39, 0.29) is 0 Å². The molecule has 118 valence electrons. The summed E-state index contributed by atoms with van der Waals surface area (Å²) in [4.78, 5) is 2.42. The Morgan fingerprint density at radius 2 is 2.19 bits per heavy atom. The highest BCUT2D eigenvalue weighted by Crippen LogP contribution is 2.29. The fraction of sp³-hybridized carbons (Fsp3) is 0.647. The monoisotopic (exact) mass is 291 g/mol. The van der Waals surface area contributed by atoms with Crippen molar-refractivity contribution in [1.82, 2.24) is 10.6 Å². The molecule has 1 heterocycles. The highest BCUT2D eigenvalue weighted by molar-refractivity contribution is 5.60. The molecule has 0 atom stereocenters. The van der Waals surface area contributed by atoms with Crippen molar-refractivity contribution in [2.24, 2.45) is 0 Å². The lowest BCUT2D eigenvalue weighted by Gasteiger charge is -2.25. The molecule has 1 fully saturated rings. The molecule has 0 saturated carbocycles. The van der Waals surface area contributed by atoms with E-state index in [2.05, 4.69) is 40.7 Å². The molecule has 0 aromatic heterocycles. The van der Waals surface area contributed by atoms with Crippen LogP contribution in [-0.2, 0) is 6.54 Å². The van der Waals surface area contributed by atoms with Crippen LogP contribution in [0.2, 0.25) is 0 Å². The van der Waals surface area contributed by atoms with E-state index in [1.165, 1.54) is 30.5 Å². The standard InChI is InChI=1S/C17H29N3O/c1-3-4-8-19-14-15-6-7-16(17(13-15)21-2)20-11-5-9-18-10-12-20/h6-7,13,18-19H,3-5,8-12,14H2,1-2H3. The lowest BCUT2D eigenvalue weighted by Crippen LogP contribution is -2.28. The number of anilines is 1. The molecule has 2 rings (SSSR count). The van der Waals surface area contributed by atoms with Crippen LogP contribution in [0.1, 0.15) is 31.7 Å². The summed E-state index contributed by atoms with van der Waals surface area (Å²) in [6, 6.07) is 6.60. The Morgan fingerprint density at radius 1 is 1.29 bits per heavy atom. The molecule has 4 heteroatoms. The maximum Gasteiger partial charge on any atom is 0.142 e. The maximum atomic E-state index is 5.62. The Kier molecular flexibility index (Phi) is 6.83. The SMILES string of the molecule is CCCCNCc1ccc(N2CCCNCC2)c(OC)c1. The summed E-state index contributed by atoms with van der Waals surface area (Å²) in [6.45, 7) is 8.51. The molecule has 1 saturated heterocycles. The van der Waals surface area contributed by atoms with E-state index < -0.39 is 0 Å². The van der Waals surface area contributed by atoms with Crippen LogP contribution in [0.4, 0.5) is 5.69 Å². The van der Waals surface area contributed by atoms with Gasteiger partial charge in [0.15, 0.2) is 0 Å². The fourth-order valence-electron chi connectivity index (χ4n) is 2.71. The van der Waals surface area contributed by atoms with Gasteiger partial charge in [0.2, 0.25) is 0 Å². The second kappa shape index (κ2) is 8.90. The summed E-state index contributed by atoms with van der Waals surface area (Å²) in [5, 5.41) is 6.93. The number of hydrogen-bond donors (Lipinski definition) is 2. The third kappa shape index (κ3) is 4.90. The highest BCUT2D eigenvalue weighted by atomic mass is 16.5. The molecule has 21 heavy (non-hydrogen) atoms. The zero-order valence-corrected chi connectivity index (χ0v) is 13.5. The number of rotatable bonds is 7. The van der Waals surface area contributed by atoms with E-state index in [4.69, 9.17) is 4.74 Å². The first-order chi connectivity index (χ1) is 10.3. The predicted molar refractivity (Wildman–Crippen MR) is 89.3 cm³/mol. The summed E-state index contributed by atoms with van der Waals surface area (Å²) in [5.41, 5.74) is 2.51. The third-order valence-electron chi connectivity index (χ3n) is 3.96. The number of ether oxygens (including phenoxy) is 1. The number of nitrogens with one attached hydrogen (secondary N) is 2. The van der Waals surface area contributed by atoms with Gasteiger partial charge in [-0.2, -0.15) is 0 Å². The molecule has 1 aliphatic heterocycles. The molecular formula is C17H29N3O. The van der Waals surface area contributed by atoms with Crippen molar-refractivity contribution in [1.29, 1.82) is 0 Å². The van der Waals surface area contributed by atoms with Gasteiger partial charge in [0.05, 0.1) is 12.8 Å². The van der Waals surface area contributed by atoms with E-state index in [0.29, 0.717) is 0 Å². The quantitative estimate of drug-likeness (QED) is 0.756. The van der Waals surface area contributed by atoms with Gasteiger partial charge in [-0.05, 0) is 43.6 Å². The van der Waals surface area contributed by atoms with Gasteiger partial charge in [-0.3, -0.25) is 0 Å². The molecule has 1 aromatic carbocycles. The predicted octanol–water partition coefficient (Wildman–Crippen LogP) is 2.38. The molecule has 0 radical (unpaired) electrons. The van der Waals surface area contributed by atoms with Crippen molar-refractivity contribution in [2.45, 2.75) is 32.7 Å². The molecule has 0 bridgehead atoms. The molecule has 0 spiro atoms. The van der Waals surface area contributed by atoms with Gasteiger partial charge in [0.25, 0.3) is 0 Å². The van der Waals surface area contributed by atoms with Crippen molar-refractivity contribution in [3.8, 4) is 5.75 Å². The van der Waals surface area contributed by atoms with Crippen LogP contribution in [0.15, 0.2) is 18.2 Å². The number of unbranched alkanes of at least 4 members (excludes halogenated alkanes) is 1. The van der Waals surface area contributed by atoms with E-state index >= 15 is 0 Å². The smallest absolute Gasteiger partial charge is 0.142 e. The van der Waals surface area contributed by atoms with Gasteiger partial charge in [0, 0.05) is 26.2 Å². The molecule has 1 aliphatic rings. The average molecular weight is 291 g/mol. The zero-order chi connectivity index (χ0) is 14.9. The van der Waals surface area contributed by atoms with Gasteiger partial charge < -0.3 is 20.3 Å². The summed E-state index contributed by atoms with van der Waals surface area (Å²) >= 11 is 0. The van der Waals surface area contributed by atoms with Crippen LogP contribution in [-0.4, -0.2) is 39.8 Å². The molecule has 4 nitrogen and oxygen atoms in total. The number of hydrogen-bond acceptors (Lipinski definition) is 4. The van der Waals surface area contributed by atoms with Crippen molar-refractivity contribution in [2.75, 3.05) is 44.7 Å². The minimum Gasteiger partial charge on any atom is -0.495 e. The highest BCUT2D eigenvalue weighted by Gasteiger charge is 2.14. The van der Waals surface area contributed by atoms with Crippen molar-refractivity contribution < 1.29 is 4.74 Å². The van der Waals surface area contributed by atoms with E-state index in [1.807, 2.05) is 0 Å². The Balaban J connectivity index is 2.01. The van der Waals surface area contributed by atoms with E-state index in [9.17, 15) is 0 Å². The molecule has 2 N–H and O–H groups in total. The van der Waals surface area contributed by atoms with Crippen LogP contribution in [0.25, 0.3) is 0 Å².